The zero-order chi connectivity index (χ0) is 14.4. The Morgan fingerprint density at radius 2 is 1.62 bits per heavy atom. The highest BCUT2D eigenvalue weighted by molar-refractivity contribution is 5.05. The van der Waals surface area contributed by atoms with Crippen molar-refractivity contribution in [2.45, 2.75) is 77.3 Å². The van der Waals surface area contributed by atoms with Crippen molar-refractivity contribution in [2.75, 3.05) is 19.6 Å². The number of nitrogens with zero attached hydrogens (tertiary/aromatic N) is 1. The first-order chi connectivity index (χ1) is 10.1. The fourth-order valence-corrected chi connectivity index (χ4v) is 6.67. The lowest BCUT2D eigenvalue weighted by atomic mass is 9.47. The van der Waals surface area contributed by atoms with Crippen molar-refractivity contribution in [3.63, 3.8) is 0 Å². The van der Waals surface area contributed by atoms with Gasteiger partial charge in [0.05, 0.1) is 0 Å². The van der Waals surface area contributed by atoms with E-state index in [0.717, 1.165) is 23.8 Å². The molecular weight excluding hydrogens is 256 g/mol. The minimum Gasteiger partial charge on any atom is -0.314 e. The summed E-state index contributed by atoms with van der Waals surface area (Å²) in [4.78, 5) is 2.88. The summed E-state index contributed by atoms with van der Waals surface area (Å²) in [5, 5.41) is 3.65. The van der Waals surface area contributed by atoms with Crippen LogP contribution in [-0.4, -0.2) is 36.6 Å². The minimum absolute atomic E-state index is 0.699. The average Bonchev–Trinajstić information content (AvgIpc) is 2.41. The van der Waals surface area contributed by atoms with Crippen LogP contribution in [0.1, 0.15) is 65.2 Å². The second kappa shape index (κ2) is 5.53. The SMILES string of the molecule is CC1CCN(C(C)C23CC4CC(CC(C4)C2)C3)CCCN1. The molecule has 21 heavy (non-hydrogen) atoms. The molecule has 0 aromatic carbocycles. The van der Waals surface area contributed by atoms with Gasteiger partial charge in [-0.1, -0.05) is 0 Å². The molecule has 1 saturated heterocycles. The van der Waals surface area contributed by atoms with E-state index in [2.05, 4.69) is 24.1 Å². The van der Waals surface area contributed by atoms with Gasteiger partial charge in [0.1, 0.15) is 0 Å². The van der Waals surface area contributed by atoms with Crippen molar-refractivity contribution in [2.24, 2.45) is 23.2 Å². The number of nitrogens with one attached hydrogen (secondary N) is 1. The molecule has 0 amide bonds. The lowest BCUT2D eigenvalue weighted by molar-refractivity contribution is -0.0976. The smallest absolute Gasteiger partial charge is 0.0124 e. The van der Waals surface area contributed by atoms with Crippen LogP contribution >= 0.6 is 0 Å². The molecule has 1 N–H and O–H groups in total. The van der Waals surface area contributed by atoms with E-state index in [9.17, 15) is 0 Å². The van der Waals surface area contributed by atoms with Crippen LogP contribution in [0.25, 0.3) is 0 Å². The maximum absolute atomic E-state index is 3.65. The molecule has 2 nitrogen and oxygen atoms in total. The quantitative estimate of drug-likeness (QED) is 0.835. The largest absolute Gasteiger partial charge is 0.314 e. The Kier molecular flexibility index (Phi) is 3.82. The van der Waals surface area contributed by atoms with Gasteiger partial charge >= 0.3 is 0 Å². The summed E-state index contributed by atoms with van der Waals surface area (Å²) in [5.74, 6) is 3.28. The first-order valence-corrected chi connectivity index (χ1v) is 9.62. The standard InChI is InChI=1S/C19H34N2/c1-14-4-7-21(6-3-5-20-14)15(2)19-11-16-8-17(12-19)10-18(9-16)13-19/h14-18,20H,3-13H2,1-2H3. The van der Waals surface area contributed by atoms with Crippen LogP contribution in [-0.2, 0) is 0 Å². The van der Waals surface area contributed by atoms with Crippen LogP contribution in [0.4, 0.5) is 0 Å². The Bertz CT molecular complexity index is 342. The maximum atomic E-state index is 3.65. The summed E-state index contributed by atoms with van der Waals surface area (Å²) in [7, 11) is 0. The van der Waals surface area contributed by atoms with E-state index in [1.807, 2.05) is 0 Å². The number of hydrogen-bond donors (Lipinski definition) is 1. The van der Waals surface area contributed by atoms with E-state index >= 15 is 0 Å². The summed E-state index contributed by atoms with van der Waals surface area (Å²) in [6.07, 6.45) is 12.1. The molecule has 1 aliphatic heterocycles. The molecule has 5 rings (SSSR count). The minimum atomic E-state index is 0.699. The van der Waals surface area contributed by atoms with Crippen LogP contribution in [0.15, 0.2) is 0 Å². The molecule has 1 heterocycles. The van der Waals surface area contributed by atoms with Gasteiger partial charge in [-0.05, 0) is 108 Å². The lowest BCUT2D eigenvalue weighted by Crippen LogP contribution is -2.57. The van der Waals surface area contributed by atoms with Gasteiger partial charge in [-0.3, -0.25) is 0 Å². The molecule has 120 valence electrons. The van der Waals surface area contributed by atoms with Gasteiger partial charge < -0.3 is 10.2 Å². The van der Waals surface area contributed by atoms with E-state index in [1.165, 1.54) is 32.5 Å². The van der Waals surface area contributed by atoms with Crippen molar-refractivity contribution in [1.82, 2.24) is 10.2 Å². The van der Waals surface area contributed by atoms with Gasteiger partial charge in [-0.2, -0.15) is 0 Å². The number of rotatable bonds is 2. The molecule has 2 unspecified atom stereocenters. The van der Waals surface area contributed by atoms with Crippen molar-refractivity contribution in [3.8, 4) is 0 Å². The van der Waals surface area contributed by atoms with Gasteiger partial charge in [-0.15, -0.1) is 0 Å². The molecule has 4 aliphatic carbocycles. The third kappa shape index (κ3) is 2.67. The molecule has 5 fully saturated rings. The Morgan fingerprint density at radius 1 is 1.00 bits per heavy atom. The van der Waals surface area contributed by atoms with Crippen molar-refractivity contribution in [1.29, 1.82) is 0 Å². The maximum Gasteiger partial charge on any atom is 0.0124 e. The first kappa shape index (κ1) is 14.5. The molecule has 2 atom stereocenters. The second-order valence-electron chi connectivity index (χ2n) is 8.99. The van der Waals surface area contributed by atoms with Gasteiger partial charge in [0.25, 0.3) is 0 Å². The third-order valence-electron chi connectivity index (χ3n) is 7.48. The van der Waals surface area contributed by atoms with E-state index in [0.29, 0.717) is 11.5 Å². The van der Waals surface area contributed by atoms with Crippen molar-refractivity contribution < 1.29 is 0 Å². The highest BCUT2D eigenvalue weighted by Crippen LogP contribution is 2.61. The fourth-order valence-electron chi connectivity index (χ4n) is 6.67. The van der Waals surface area contributed by atoms with Crippen molar-refractivity contribution >= 4 is 0 Å². The summed E-state index contributed by atoms with van der Waals surface area (Å²) in [5.41, 5.74) is 0.699. The Balaban J connectivity index is 1.49. The third-order valence-corrected chi connectivity index (χ3v) is 7.48. The summed E-state index contributed by atoms with van der Waals surface area (Å²) in [6.45, 7) is 8.80. The highest BCUT2D eigenvalue weighted by atomic mass is 15.2. The summed E-state index contributed by atoms with van der Waals surface area (Å²) in [6, 6.07) is 1.53. The van der Waals surface area contributed by atoms with Gasteiger partial charge in [-0.25, -0.2) is 0 Å². The molecule has 4 bridgehead atoms. The van der Waals surface area contributed by atoms with Crippen molar-refractivity contribution in [3.05, 3.63) is 0 Å². The van der Waals surface area contributed by atoms with E-state index in [-0.39, 0.29) is 0 Å². The van der Waals surface area contributed by atoms with Crippen LogP contribution in [0.2, 0.25) is 0 Å². The van der Waals surface area contributed by atoms with Gasteiger partial charge in [0.2, 0.25) is 0 Å². The Morgan fingerprint density at radius 3 is 2.24 bits per heavy atom. The molecule has 0 aromatic heterocycles. The molecule has 0 spiro atoms. The molecule has 0 radical (unpaired) electrons. The predicted octanol–water partition coefficient (Wildman–Crippen LogP) is 3.67. The molecular formula is C19H34N2. The topological polar surface area (TPSA) is 15.3 Å². The summed E-state index contributed by atoms with van der Waals surface area (Å²) >= 11 is 0. The van der Waals surface area contributed by atoms with E-state index < -0.39 is 0 Å². The monoisotopic (exact) mass is 290 g/mol. The van der Waals surface area contributed by atoms with E-state index in [1.54, 1.807) is 38.5 Å². The van der Waals surface area contributed by atoms with E-state index in [4.69, 9.17) is 0 Å². The second-order valence-corrected chi connectivity index (χ2v) is 8.99. The van der Waals surface area contributed by atoms with Gasteiger partial charge in [0, 0.05) is 12.1 Å². The normalized spacial score (nSPS) is 48.9. The Labute approximate surface area is 131 Å². The molecule has 2 heteroatoms. The average molecular weight is 290 g/mol. The van der Waals surface area contributed by atoms with Crippen LogP contribution in [0.3, 0.4) is 0 Å². The van der Waals surface area contributed by atoms with Crippen LogP contribution in [0.5, 0.6) is 0 Å². The Hall–Kier alpha value is -0.0800. The van der Waals surface area contributed by atoms with Crippen LogP contribution < -0.4 is 5.32 Å². The predicted molar refractivity (Wildman–Crippen MR) is 88.3 cm³/mol. The fraction of sp³-hybridized carbons (Fsp3) is 1.00. The van der Waals surface area contributed by atoms with Gasteiger partial charge in [0.15, 0.2) is 0 Å². The highest BCUT2D eigenvalue weighted by Gasteiger charge is 2.53. The molecule has 4 saturated carbocycles. The molecule has 5 aliphatic rings. The number of hydrogen-bond acceptors (Lipinski definition) is 2. The summed E-state index contributed by atoms with van der Waals surface area (Å²) < 4.78 is 0. The van der Waals surface area contributed by atoms with Crippen LogP contribution in [0, 0.1) is 23.2 Å². The zero-order valence-corrected chi connectivity index (χ0v) is 14.1. The zero-order valence-electron chi connectivity index (χ0n) is 14.1. The lowest BCUT2D eigenvalue weighted by Gasteiger charge is -2.60. The first-order valence-electron chi connectivity index (χ1n) is 9.62. The molecule has 0 aromatic rings.